The normalized spacial score (nSPS) is 15.7. The van der Waals surface area contributed by atoms with Gasteiger partial charge in [0.05, 0.1) is 77.7 Å². The fraction of sp³-hybridized carbons (Fsp3) is 0.309. The van der Waals surface area contributed by atoms with Crippen molar-refractivity contribution in [2.45, 2.75) is 179 Å². The van der Waals surface area contributed by atoms with E-state index in [1.165, 1.54) is 129 Å². The molecule has 0 saturated carbocycles. The Morgan fingerprint density at radius 2 is 0.835 bits per heavy atom. The number of halogens is 2. The van der Waals surface area contributed by atoms with E-state index in [4.69, 9.17) is 40.8 Å². The zero-order valence-corrected chi connectivity index (χ0v) is 68.1. The topological polar surface area (TPSA) is 96.2 Å². The number of nitrogens with zero attached hydrogens (tertiary/aromatic N) is 5. The molecule has 19 rings (SSSR count). The van der Waals surface area contributed by atoms with Crippen molar-refractivity contribution in [1.29, 1.82) is 0 Å². The number of unbranched alkanes of at least 4 members (excludes halogenated alkanes) is 1. The second kappa shape index (κ2) is 32.4. The van der Waals surface area contributed by atoms with Crippen molar-refractivity contribution < 1.29 is 48.1 Å². The van der Waals surface area contributed by atoms with Crippen LogP contribution in [-0.4, -0.2) is 71.6 Å². The summed E-state index contributed by atoms with van der Waals surface area (Å²) in [7, 11) is 1.07. The van der Waals surface area contributed by atoms with Crippen LogP contribution < -0.4 is 24.3 Å². The zero-order valence-electron chi connectivity index (χ0n) is 69.7. The Hall–Kier alpha value is -8.02. The molecule has 0 amide bonds. The summed E-state index contributed by atoms with van der Waals surface area (Å²) in [6.45, 7) is 37.0. The number of para-hydroxylation sites is 6. The van der Waals surface area contributed by atoms with Gasteiger partial charge in [-0.25, -0.2) is 4.98 Å². The average Bonchev–Trinajstić information content (AvgIpc) is 1.56. The molecule has 1 N–H and O–H groups in total. The van der Waals surface area contributed by atoms with Gasteiger partial charge in [0.2, 0.25) is 0 Å². The zero-order chi connectivity index (χ0) is 79.9. The van der Waals surface area contributed by atoms with Crippen LogP contribution in [0.2, 0.25) is 5.15 Å². The van der Waals surface area contributed by atoms with Gasteiger partial charge < -0.3 is 43.8 Å². The Labute approximate surface area is 676 Å². The maximum atomic E-state index is 8.67. The molecule has 0 aliphatic carbocycles. The molecule has 15 heteroatoms. The minimum atomic E-state index is -1.46. The van der Waals surface area contributed by atoms with Crippen LogP contribution in [0.15, 0.2) is 223 Å². The molecule has 0 unspecified atom stereocenters. The van der Waals surface area contributed by atoms with Gasteiger partial charge in [0, 0.05) is 98.7 Å². The monoisotopic (exact) mass is 1530 g/mol. The molecule has 109 heavy (non-hydrogen) atoms. The number of aliphatic hydroxyl groups excluding tert-OH is 1. The van der Waals surface area contributed by atoms with Crippen LogP contribution in [0.4, 0.5) is 0 Å². The van der Waals surface area contributed by atoms with E-state index in [0.29, 0.717) is 16.3 Å². The molecular formula is C94H103B2BrClLiN5O5. The Bertz CT molecular complexity index is 6190. The molecule has 9 aromatic carbocycles. The first-order valence-electron chi connectivity index (χ1n) is 39.1. The number of hydrogen-bond acceptors (Lipinski definition) is 7. The standard InChI is InChI=1S/C28H24N2.C24H22BNO2.C18H10BrN.C10H14ClN.C6H12BO2.C4H9.C3H8O.CH4.Li/c1-28(2,3)17-18-13-14-29-24(15-18)19-11-12-21-23-9-6-8-22-20-7-4-5-10-25(20)30(27(22)23)26(21)16-19;1-23(2)24(3,4)28-25(27-23)15-12-13-17-19-10-7-9-18-16-8-5-6-11-20(16)26(22(18)19)21(17)14-15;19-11-8-9-13-15-6-3-5-14-12-4-1-2-7-16(12)20(18(14)15)17(13)10-11;1-10(2,3)7-8-4-5-12-9(11)6-8;1-5(2)6(3,4)9-7-8-5;1-3-4-2;1-3(2)4;;/h4-16H,17H2,1-3H3;5-14H,1-4H3;1-10H;4-6H,7H2,1-3H3;1-4H3;1,3-4H2,2H3;3-4H,1-2H3;1H4;/q;;;;;-1;;;+1/i17D2;;;7D2;;;;;. The summed E-state index contributed by atoms with van der Waals surface area (Å²) in [5.74, 6) is 0. The summed E-state index contributed by atoms with van der Waals surface area (Å²) in [4.78, 5) is 8.44. The van der Waals surface area contributed by atoms with Crippen LogP contribution in [0, 0.1) is 17.8 Å². The SMILES string of the molecule is Brc1ccc2c3cccc4c5ccccc5n(c2c1)c43.C.CC(C)O.CC1(C)OB(c2ccc3c4cccc5c6ccccc6n(c3c2)c54)OC1(C)C.CC1(C)O[B]OC1(C)C.[2H]C([2H])(c1ccnc(-c2ccc3c4cccc5c6ccccc6n(c3c2)c54)c1)C(C)(C)C.[2H]C([2H])(c1ccnc(Cl)c1)C(C)(C)C.[CH2-]CCC.[Li+]. The smallest absolute Gasteiger partial charge is 0.405 e. The first-order valence-corrected chi connectivity index (χ1v) is 38.3. The van der Waals surface area contributed by atoms with E-state index in [1.807, 2.05) is 75.3 Å². The Morgan fingerprint density at radius 3 is 1.22 bits per heavy atom. The maximum Gasteiger partial charge on any atom is 1.00 e. The number of benzene rings is 9. The van der Waals surface area contributed by atoms with Crippen LogP contribution >= 0.6 is 27.5 Å². The third-order valence-electron chi connectivity index (χ3n) is 20.5. The minimum absolute atomic E-state index is 0. The van der Waals surface area contributed by atoms with Gasteiger partial charge in [-0.2, -0.15) is 6.42 Å². The predicted octanol–water partition coefficient (Wildman–Crippen LogP) is 22.3. The average molecular weight is 1530 g/mol. The number of hydrogen-bond donors (Lipinski definition) is 1. The van der Waals surface area contributed by atoms with Gasteiger partial charge in [0.15, 0.2) is 0 Å². The molecule has 17 aromatic rings. The quantitative estimate of drug-likeness (QED) is 0.104. The van der Waals surface area contributed by atoms with Gasteiger partial charge in [0.25, 0.3) is 0 Å². The molecule has 0 spiro atoms. The molecule has 2 saturated heterocycles. The molecule has 0 bridgehead atoms. The fourth-order valence-electron chi connectivity index (χ4n) is 14.1. The van der Waals surface area contributed by atoms with E-state index in [1.54, 1.807) is 38.2 Å². The molecule has 2 aliphatic rings. The van der Waals surface area contributed by atoms with E-state index in [-0.39, 0.29) is 61.9 Å². The number of aromatic nitrogens is 5. The van der Waals surface area contributed by atoms with Crippen molar-refractivity contribution in [3.05, 3.63) is 246 Å². The second-order valence-electron chi connectivity index (χ2n) is 32.3. The van der Waals surface area contributed by atoms with E-state index in [9.17, 15) is 0 Å². The number of pyridine rings is 2. The summed E-state index contributed by atoms with van der Waals surface area (Å²) in [5.41, 5.74) is 13.3. The Morgan fingerprint density at radius 1 is 0.486 bits per heavy atom. The summed E-state index contributed by atoms with van der Waals surface area (Å²) in [5, 5.41) is 23.9. The van der Waals surface area contributed by atoms with Crippen molar-refractivity contribution >= 4 is 162 Å². The summed E-state index contributed by atoms with van der Waals surface area (Å²) >= 11 is 9.32. The van der Waals surface area contributed by atoms with E-state index in [0.717, 1.165) is 33.1 Å². The third-order valence-corrected chi connectivity index (χ3v) is 21.2. The summed E-state index contributed by atoms with van der Waals surface area (Å²) < 4.78 is 64.6. The molecule has 0 atom stereocenters. The van der Waals surface area contributed by atoms with Gasteiger partial charge in [-0.15, -0.1) is 0 Å². The van der Waals surface area contributed by atoms with Gasteiger partial charge in [-0.1, -0.05) is 229 Å². The molecular weight excluding hydrogens is 1420 g/mol. The van der Waals surface area contributed by atoms with E-state index >= 15 is 0 Å². The number of aliphatic hydroxyl groups is 1. The van der Waals surface area contributed by atoms with E-state index < -0.39 is 23.6 Å². The largest absolute Gasteiger partial charge is 1.00 e. The predicted molar refractivity (Wildman–Crippen MR) is 466 cm³/mol. The summed E-state index contributed by atoms with van der Waals surface area (Å²) in [6.07, 6.45) is 2.50. The van der Waals surface area contributed by atoms with Crippen LogP contribution in [0.25, 0.3) is 126 Å². The molecule has 2 fully saturated rings. The Balaban J connectivity index is 0.000000142. The molecule has 2 aliphatic heterocycles. The van der Waals surface area contributed by atoms with Gasteiger partial charge >= 0.3 is 33.7 Å². The first kappa shape index (κ1) is 76.3. The molecule has 10 heterocycles. The van der Waals surface area contributed by atoms with Crippen LogP contribution in [-0.2, 0) is 31.4 Å². The number of fused-ring (bicyclic) bond motifs is 18. The summed E-state index contributed by atoms with van der Waals surface area (Å²) in [6, 6.07) is 72.1. The fourth-order valence-corrected chi connectivity index (χ4v) is 14.7. The third kappa shape index (κ3) is 16.5. The van der Waals surface area contributed by atoms with Crippen LogP contribution in [0.1, 0.15) is 155 Å². The second-order valence-corrected chi connectivity index (χ2v) is 33.6. The molecule has 555 valence electrons. The van der Waals surface area contributed by atoms with Crippen LogP contribution in [0.3, 0.4) is 0 Å². The minimum Gasteiger partial charge on any atom is -0.405 e. The van der Waals surface area contributed by atoms with Gasteiger partial charge in [-0.05, 0) is 176 Å². The van der Waals surface area contributed by atoms with Crippen molar-refractivity contribution in [3.8, 4) is 11.3 Å². The number of rotatable bonds is 5. The van der Waals surface area contributed by atoms with Gasteiger partial charge in [-0.3, -0.25) is 4.98 Å². The van der Waals surface area contributed by atoms with Crippen molar-refractivity contribution in [1.82, 2.24) is 23.2 Å². The van der Waals surface area contributed by atoms with Crippen LogP contribution in [0.5, 0.6) is 0 Å². The van der Waals surface area contributed by atoms with E-state index in [2.05, 4.69) is 263 Å². The first-order chi connectivity index (χ1) is 52.3. The molecule has 8 aromatic heterocycles. The van der Waals surface area contributed by atoms with Crippen molar-refractivity contribution in [2.75, 3.05) is 0 Å². The Kier molecular flexibility index (Phi) is 22.7. The molecule has 1 radical (unpaired) electrons. The molecule has 10 nitrogen and oxygen atoms in total. The maximum absolute atomic E-state index is 8.67. The van der Waals surface area contributed by atoms with Crippen molar-refractivity contribution in [3.63, 3.8) is 0 Å². The van der Waals surface area contributed by atoms with Gasteiger partial charge in [0.1, 0.15) is 5.15 Å². The van der Waals surface area contributed by atoms with Crippen molar-refractivity contribution in [2.24, 2.45) is 10.8 Å².